The van der Waals surface area contributed by atoms with Gasteiger partial charge in [0.2, 0.25) is 5.90 Å². The summed E-state index contributed by atoms with van der Waals surface area (Å²) >= 11 is 0. The Morgan fingerprint density at radius 1 is 1.11 bits per heavy atom. The summed E-state index contributed by atoms with van der Waals surface area (Å²) in [6.07, 6.45) is 2.55. The molecular weight excluding hydrogens is 467 g/mol. The minimum Gasteiger partial charge on any atom is -0.472 e. The molecule has 1 fully saturated rings. The molecule has 2 aliphatic heterocycles. The summed E-state index contributed by atoms with van der Waals surface area (Å²) in [5.74, 6) is -0.307. The Balaban J connectivity index is 1.57. The Kier molecular flexibility index (Phi) is 7.64. The first kappa shape index (κ1) is 25.8. The van der Waals surface area contributed by atoms with Gasteiger partial charge < -0.3 is 14.7 Å². The Morgan fingerprint density at radius 2 is 1.74 bits per heavy atom. The lowest BCUT2D eigenvalue weighted by Crippen LogP contribution is -2.43. The average molecular weight is 503 g/mol. The Bertz CT molecular complexity index is 1160. The first-order valence-corrected chi connectivity index (χ1v) is 13.8. The van der Waals surface area contributed by atoms with Crippen LogP contribution >= 0.6 is 0 Å². The number of halogens is 1. The van der Waals surface area contributed by atoms with Gasteiger partial charge in [0.05, 0.1) is 0 Å². The van der Waals surface area contributed by atoms with E-state index in [9.17, 15) is 17.9 Å². The maximum Gasteiger partial charge on any atom is 0.267 e. The largest absolute Gasteiger partial charge is 0.472 e. The van der Waals surface area contributed by atoms with E-state index in [-0.39, 0.29) is 25.3 Å². The van der Waals surface area contributed by atoms with Crippen molar-refractivity contribution in [3.05, 3.63) is 71.0 Å². The smallest absolute Gasteiger partial charge is 0.267 e. The Hall–Kier alpha value is -2.29. The molecule has 0 amide bonds. The minimum absolute atomic E-state index is 0.0518. The van der Waals surface area contributed by atoms with Crippen molar-refractivity contribution in [2.45, 2.75) is 62.2 Å². The molecule has 4 rings (SSSR count). The van der Waals surface area contributed by atoms with Gasteiger partial charge in [-0.25, -0.2) is 12.8 Å². The normalized spacial score (nSPS) is 23.3. The van der Waals surface area contributed by atoms with Crippen LogP contribution in [0, 0.1) is 5.82 Å². The molecule has 2 aromatic carbocycles. The fraction of sp³-hybridized carbons (Fsp3) is 0.519. The average Bonchev–Trinajstić information content (AvgIpc) is 2.79. The molecule has 2 atom stereocenters. The van der Waals surface area contributed by atoms with Gasteiger partial charge in [-0.1, -0.05) is 42.5 Å². The molecule has 0 aromatic heterocycles. The van der Waals surface area contributed by atoms with Crippen LogP contribution in [0.4, 0.5) is 4.39 Å². The minimum atomic E-state index is -3.93. The zero-order chi connectivity index (χ0) is 25.2. The van der Waals surface area contributed by atoms with E-state index in [1.54, 1.807) is 32.0 Å². The molecule has 35 heavy (non-hydrogen) atoms. The van der Waals surface area contributed by atoms with Crippen LogP contribution in [0.2, 0.25) is 0 Å². The zero-order valence-corrected chi connectivity index (χ0v) is 21.5. The van der Waals surface area contributed by atoms with Crippen molar-refractivity contribution in [3.63, 3.8) is 0 Å². The molecule has 1 saturated heterocycles. The second-order valence-electron chi connectivity index (χ2n) is 10.3. The van der Waals surface area contributed by atoms with E-state index < -0.39 is 32.6 Å². The van der Waals surface area contributed by atoms with Crippen LogP contribution in [0.1, 0.15) is 73.3 Å². The number of benzene rings is 2. The fourth-order valence-corrected chi connectivity index (χ4v) is 7.17. The summed E-state index contributed by atoms with van der Waals surface area (Å²) in [4.78, 5) is 2.33. The van der Waals surface area contributed by atoms with Crippen LogP contribution in [-0.2, 0) is 14.8 Å². The topological polar surface area (TPSA) is 79.2 Å². The number of likely N-dealkylation sites (tertiary alicyclic amines) is 1. The van der Waals surface area contributed by atoms with Crippen molar-refractivity contribution in [1.29, 1.82) is 0 Å². The maximum atomic E-state index is 14.4. The molecule has 2 aliphatic rings. The van der Waals surface area contributed by atoms with Gasteiger partial charge in [0.1, 0.15) is 16.7 Å². The van der Waals surface area contributed by atoms with Crippen LogP contribution in [0.5, 0.6) is 0 Å². The van der Waals surface area contributed by atoms with Crippen LogP contribution in [0.3, 0.4) is 0 Å². The van der Waals surface area contributed by atoms with E-state index in [4.69, 9.17) is 4.74 Å². The Morgan fingerprint density at radius 3 is 2.34 bits per heavy atom. The highest BCUT2D eigenvalue weighted by atomic mass is 32.2. The van der Waals surface area contributed by atoms with Gasteiger partial charge >= 0.3 is 0 Å². The van der Waals surface area contributed by atoms with Crippen molar-refractivity contribution in [2.75, 3.05) is 26.7 Å². The van der Waals surface area contributed by atoms with E-state index in [2.05, 4.69) is 16.3 Å². The number of rotatable bonds is 7. The predicted octanol–water partition coefficient (Wildman–Crippen LogP) is 4.77. The van der Waals surface area contributed by atoms with Gasteiger partial charge in [-0.3, -0.25) is 0 Å². The second-order valence-corrected chi connectivity index (χ2v) is 11.9. The van der Waals surface area contributed by atoms with Crippen molar-refractivity contribution < 1.29 is 22.7 Å². The maximum absolute atomic E-state index is 14.4. The van der Waals surface area contributed by atoms with Gasteiger partial charge in [0.25, 0.3) is 10.0 Å². The molecule has 190 valence electrons. The fourth-order valence-electron chi connectivity index (χ4n) is 5.41. The third-order valence-corrected chi connectivity index (χ3v) is 9.11. The van der Waals surface area contributed by atoms with Gasteiger partial charge in [0.15, 0.2) is 0 Å². The van der Waals surface area contributed by atoms with E-state index >= 15 is 0 Å². The van der Waals surface area contributed by atoms with Gasteiger partial charge in [-0.05, 0) is 87.8 Å². The first-order valence-electron chi connectivity index (χ1n) is 12.3. The summed E-state index contributed by atoms with van der Waals surface area (Å²) in [6.45, 7) is 5.46. The highest BCUT2D eigenvalue weighted by Gasteiger charge is 2.47. The monoisotopic (exact) mass is 502 g/mol. The van der Waals surface area contributed by atoms with Crippen molar-refractivity contribution in [1.82, 2.24) is 4.90 Å². The first-order chi connectivity index (χ1) is 16.6. The molecule has 0 spiro atoms. The van der Waals surface area contributed by atoms with Crippen molar-refractivity contribution >= 4 is 15.9 Å². The summed E-state index contributed by atoms with van der Waals surface area (Å²) in [6, 6.07) is 14.2. The number of nitrogens with zero attached hydrogens (tertiary/aromatic N) is 2. The third kappa shape index (κ3) is 5.76. The summed E-state index contributed by atoms with van der Waals surface area (Å²) in [7, 11) is -1.80. The number of aliphatic hydroxyl groups excluding tert-OH is 1. The number of ether oxygens (including phenoxy) is 1. The summed E-state index contributed by atoms with van der Waals surface area (Å²) < 4.78 is 51.3. The predicted molar refractivity (Wildman–Crippen MR) is 136 cm³/mol. The van der Waals surface area contributed by atoms with Crippen molar-refractivity contribution in [2.24, 2.45) is 4.40 Å². The summed E-state index contributed by atoms with van der Waals surface area (Å²) in [5.41, 5.74) is 1.23. The molecule has 0 bridgehead atoms. The van der Waals surface area contributed by atoms with Crippen LogP contribution in [0.25, 0.3) is 0 Å². The lowest BCUT2D eigenvalue weighted by atomic mass is 9.88. The van der Waals surface area contributed by atoms with Crippen LogP contribution in [-0.4, -0.2) is 56.7 Å². The molecule has 1 N–H and O–H groups in total. The number of piperidine rings is 1. The van der Waals surface area contributed by atoms with Gasteiger partial charge in [-0.15, -0.1) is 4.40 Å². The standard InChI is InChI=1S/C27H35FN2O4S/c1-27(2)26(21-10-8-19(9-11-21)20-12-15-30(3)16-13-20)35(32,33)29-25(34-27)18-22(14-17-31)23-6-4-5-7-24(23)28/h4-11,20,22,26,31H,12-18H2,1-3H3/t22-,26?/m1/s1. The van der Waals surface area contributed by atoms with E-state index in [1.807, 2.05) is 24.3 Å². The molecule has 2 aromatic rings. The SMILES string of the molecule is CN1CCC(c2ccc(C3C(C)(C)OC(C[C@@H](CCO)c4ccccc4F)=NS3(=O)=O)cc2)CC1. The zero-order valence-electron chi connectivity index (χ0n) is 20.7. The lowest BCUT2D eigenvalue weighted by Gasteiger charge is -2.38. The molecule has 0 aliphatic carbocycles. The van der Waals surface area contributed by atoms with Crippen LogP contribution in [0.15, 0.2) is 52.9 Å². The van der Waals surface area contributed by atoms with Gasteiger partial charge in [-0.2, -0.15) is 0 Å². The highest BCUT2D eigenvalue weighted by Crippen LogP contribution is 2.42. The number of aliphatic hydroxyl groups is 1. The number of hydrogen-bond acceptors (Lipinski definition) is 5. The summed E-state index contributed by atoms with van der Waals surface area (Å²) in [5, 5.41) is 8.57. The molecule has 0 radical (unpaired) electrons. The van der Waals surface area contributed by atoms with E-state index in [0.29, 0.717) is 17.0 Å². The second kappa shape index (κ2) is 10.4. The molecule has 8 heteroatoms. The third-order valence-electron chi connectivity index (χ3n) is 7.21. The van der Waals surface area contributed by atoms with Crippen LogP contribution < -0.4 is 0 Å². The molecule has 2 heterocycles. The highest BCUT2D eigenvalue weighted by molar-refractivity contribution is 7.90. The lowest BCUT2D eigenvalue weighted by molar-refractivity contribution is 0.0797. The molecule has 6 nitrogen and oxygen atoms in total. The number of sulfonamides is 1. The Labute approximate surface area is 207 Å². The van der Waals surface area contributed by atoms with Gasteiger partial charge in [0, 0.05) is 13.0 Å². The number of hydrogen-bond donors (Lipinski definition) is 1. The van der Waals surface area contributed by atoms with Crippen molar-refractivity contribution in [3.8, 4) is 0 Å². The molecular formula is C27H35FN2O4S. The molecule has 1 unspecified atom stereocenters. The quantitative estimate of drug-likeness (QED) is 0.590. The van der Waals surface area contributed by atoms with E-state index in [0.717, 1.165) is 25.9 Å². The van der Waals surface area contributed by atoms with E-state index in [1.165, 1.54) is 11.6 Å². The molecule has 0 saturated carbocycles.